The fourth-order valence-electron chi connectivity index (χ4n) is 3.71. The molecule has 2 rings (SSSR count). The summed E-state index contributed by atoms with van der Waals surface area (Å²) in [6, 6.07) is 0.285. The quantitative estimate of drug-likeness (QED) is 0.807. The lowest BCUT2D eigenvalue weighted by atomic mass is 9.84. The van der Waals surface area contributed by atoms with E-state index in [0.717, 1.165) is 18.4 Å². The molecule has 2 saturated carbocycles. The zero-order chi connectivity index (χ0) is 12.8. The number of rotatable bonds is 5. The molecule has 0 aromatic carbocycles. The third kappa shape index (κ3) is 4.24. The minimum absolute atomic E-state index is 0.285. The number of hydrogen-bond donors (Lipinski definition) is 1. The molecule has 0 amide bonds. The monoisotopic (exact) mass is 253 g/mol. The van der Waals surface area contributed by atoms with E-state index in [2.05, 4.69) is 6.92 Å². The first-order valence-electron chi connectivity index (χ1n) is 8.16. The maximum absolute atomic E-state index is 6.31. The molecule has 0 bridgehead atoms. The average Bonchev–Trinajstić information content (AvgIpc) is 2.46. The van der Waals surface area contributed by atoms with E-state index >= 15 is 0 Å². The van der Waals surface area contributed by atoms with Crippen LogP contribution in [0.5, 0.6) is 0 Å². The first-order valence-corrected chi connectivity index (χ1v) is 8.16. The molecule has 0 aliphatic heterocycles. The first-order chi connectivity index (χ1) is 8.79. The number of hydrogen-bond acceptors (Lipinski definition) is 2. The third-order valence-corrected chi connectivity index (χ3v) is 5.09. The van der Waals surface area contributed by atoms with Crippen LogP contribution >= 0.6 is 0 Å². The number of ether oxygens (including phenoxy) is 1. The highest BCUT2D eigenvalue weighted by atomic mass is 16.5. The van der Waals surface area contributed by atoms with E-state index in [1.807, 2.05) is 0 Å². The van der Waals surface area contributed by atoms with Crippen LogP contribution in [-0.2, 0) is 4.74 Å². The maximum Gasteiger partial charge on any atom is 0.0623 e. The van der Waals surface area contributed by atoms with Crippen molar-refractivity contribution in [2.75, 3.05) is 6.61 Å². The number of nitrogens with two attached hydrogens (primary N) is 1. The van der Waals surface area contributed by atoms with Gasteiger partial charge >= 0.3 is 0 Å². The molecule has 106 valence electrons. The van der Waals surface area contributed by atoms with Gasteiger partial charge in [0.05, 0.1) is 12.7 Å². The molecule has 3 atom stereocenters. The lowest BCUT2D eigenvalue weighted by Gasteiger charge is -2.32. The van der Waals surface area contributed by atoms with Crippen molar-refractivity contribution in [3.63, 3.8) is 0 Å². The van der Waals surface area contributed by atoms with Gasteiger partial charge in [-0.1, -0.05) is 45.4 Å². The lowest BCUT2D eigenvalue weighted by Crippen LogP contribution is -2.38. The fraction of sp³-hybridized carbons (Fsp3) is 1.00. The van der Waals surface area contributed by atoms with Crippen LogP contribution in [0.1, 0.15) is 71.1 Å². The molecule has 2 nitrogen and oxygen atoms in total. The molecule has 0 heterocycles. The van der Waals surface area contributed by atoms with E-state index in [9.17, 15) is 0 Å². The Hall–Kier alpha value is -0.0800. The van der Waals surface area contributed by atoms with Crippen LogP contribution in [0.3, 0.4) is 0 Å². The summed E-state index contributed by atoms with van der Waals surface area (Å²) in [4.78, 5) is 0. The Kier molecular flexibility index (Phi) is 5.97. The molecule has 0 aromatic rings. The van der Waals surface area contributed by atoms with Gasteiger partial charge < -0.3 is 10.5 Å². The summed E-state index contributed by atoms with van der Waals surface area (Å²) >= 11 is 0. The molecule has 2 aliphatic carbocycles. The molecule has 0 aromatic heterocycles. The summed E-state index contributed by atoms with van der Waals surface area (Å²) in [5.41, 5.74) is 6.31. The van der Waals surface area contributed by atoms with Gasteiger partial charge in [0.1, 0.15) is 0 Å². The fourth-order valence-corrected chi connectivity index (χ4v) is 3.71. The second kappa shape index (κ2) is 7.49. The standard InChI is InChI=1S/C16H31NO/c1-2-13-7-6-10-15(11-13)18-12-16(17)14-8-4-3-5-9-14/h13-16H,2-12,17H2,1H3. The average molecular weight is 253 g/mol. The first kappa shape index (κ1) is 14.3. The Morgan fingerprint density at radius 1 is 1.06 bits per heavy atom. The Morgan fingerprint density at radius 3 is 2.56 bits per heavy atom. The van der Waals surface area contributed by atoms with Gasteiger partial charge in [-0.3, -0.25) is 0 Å². The van der Waals surface area contributed by atoms with E-state index in [0.29, 0.717) is 6.10 Å². The Balaban J connectivity index is 1.66. The van der Waals surface area contributed by atoms with Crippen LogP contribution < -0.4 is 5.73 Å². The van der Waals surface area contributed by atoms with Gasteiger partial charge in [0, 0.05) is 6.04 Å². The second-order valence-electron chi connectivity index (χ2n) is 6.46. The highest BCUT2D eigenvalue weighted by Gasteiger charge is 2.24. The SMILES string of the molecule is CCC1CCCC(OCC(N)C2CCCCC2)C1. The van der Waals surface area contributed by atoms with Gasteiger partial charge in [0.25, 0.3) is 0 Å². The van der Waals surface area contributed by atoms with Crippen LogP contribution in [-0.4, -0.2) is 18.8 Å². The normalized spacial score (nSPS) is 32.3. The van der Waals surface area contributed by atoms with Crippen molar-refractivity contribution in [3.05, 3.63) is 0 Å². The molecule has 2 fully saturated rings. The van der Waals surface area contributed by atoms with Crippen molar-refractivity contribution in [2.24, 2.45) is 17.6 Å². The zero-order valence-corrected chi connectivity index (χ0v) is 12.1. The minimum atomic E-state index is 0.285. The van der Waals surface area contributed by atoms with Crippen molar-refractivity contribution in [1.29, 1.82) is 0 Å². The van der Waals surface area contributed by atoms with Gasteiger partial charge in [0.2, 0.25) is 0 Å². The van der Waals surface area contributed by atoms with E-state index in [1.54, 1.807) is 0 Å². The van der Waals surface area contributed by atoms with Crippen molar-refractivity contribution in [3.8, 4) is 0 Å². The summed E-state index contributed by atoms with van der Waals surface area (Å²) in [5.74, 6) is 1.62. The topological polar surface area (TPSA) is 35.2 Å². The highest BCUT2D eigenvalue weighted by molar-refractivity contribution is 4.78. The molecule has 0 spiro atoms. The second-order valence-corrected chi connectivity index (χ2v) is 6.46. The summed E-state index contributed by atoms with van der Waals surface area (Å²) in [7, 11) is 0. The molecule has 0 saturated heterocycles. The van der Waals surface area contributed by atoms with E-state index in [-0.39, 0.29) is 6.04 Å². The Morgan fingerprint density at radius 2 is 1.83 bits per heavy atom. The smallest absolute Gasteiger partial charge is 0.0623 e. The van der Waals surface area contributed by atoms with Crippen LogP contribution in [0, 0.1) is 11.8 Å². The van der Waals surface area contributed by atoms with Gasteiger partial charge in [0.15, 0.2) is 0 Å². The summed E-state index contributed by atoms with van der Waals surface area (Å²) in [6.07, 6.45) is 13.9. The van der Waals surface area contributed by atoms with Crippen LogP contribution in [0.4, 0.5) is 0 Å². The van der Waals surface area contributed by atoms with Crippen molar-refractivity contribution in [1.82, 2.24) is 0 Å². The van der Waals surface area contributed by atoms with Crippen molar-refractivity contribution >= 4 is 0 Å². The van der Waals surface area contributed by atoms with Crippen molar-refractivity contribution < 1.29 is 4.74 Å². The van der Waals surface area contributed by atoms with Crippen LogP contribution in [0.25, 0.3) is 0 Å². The minimum Gasteiger partial charge on any atom is -0.377 e. The zero-order valence-electron chi connectivity index (χ0n) is 12.1. The molecular formula is C16H31NO. The Labute approximate surface area is 113 Å². The highest BCUT2D eigenvalue weighted by Crippen LogP contribution is 2.30. The molecule has 2 aliphatic rings. The largest absolute Gasteiger partial charge is 0.377 e. The van der Waals surface area contributed by atoms with E-state index < -0.39 is 0 Å². The molecule has 0 radical (unpaired) electrons. The summed E-state index contributed by atoms with van der Waals surface area (Å²) in [5, 5.41) is 0. The van der Waals surface area contributed by atoms with E-state index in [4.69, 9.17) is 10.5 Å². The maximum atomic E-state index is 6.31. The van der Waals surface area contributed by atoms with Gasteiger partial charge in [-0.2, -0.15) is 0 Å². The van der Waals surface area contributed by atoms with Gasteiger partial charge in [-0.25, -0.2) is 0 Å². The predicted molar refractivity (Wildman–Crippen MR) is 76.5 cm³/mol. The molecule has 18 heavy (non-hydrogen) atoms. The lowest BCUT2D eigenvalue weighted by molar-refractivity contribution is -0.00293. The van der Waals surface area contributed by atoms with Gasteiger partial charge in [-0.05, 0) is 37.5 Å². The summed E-state index contributed by atoms with van der Waals surface area (Å²) in [6.45, 7) is 3.10. The predicted octanol–water partition coefficient (Wildman–Crippen LogP) is 3.88. The van der Waals surface area contributed by atoms with Crippen molar-refractivity contribution in [2.45, 2.75) is 83.3 Å². The molecule has 2 heteroatoms. The molecule has 3 unspecified atom stereocenters. The molecular weight excluding hydrogens is 222 g/mol. The van der Waals surface area contributed by atoms with Crippen LogP contribution in [0.15, 0.2) is 0 Å². The molecule has 2 N–H and O–H groups in total. The van der Waals surface area contributed by atoms with Gasteiger partial charge in [-0.15, -0.1) is 0 Å². The summed E-state index contributed by atoms with van der Waals surface area (Å²) < 4.78 is 6.11. The van der Waals surface area contributed by atoms with E-state index in [1.165, 1.54) is 64.2 Å². The Bertz CT molecular complexity index is 223. The third-order valence-electron chi connectivity index (χ3n) is 5.09. The van der Waals surface area contributed by atoms with Crippen LogP contribution in [0.2, 0.25) is 0 Å².